The Morgan fingerprint density at radius 2 is 1.78 bits per heavy atom. The van der Waals surface area contributed by atoms with Crippen LogP contribution in [0.1, 0.15) is 18.1 Å². The van der Waals surface area contributed by atoms with Crippen molar-refractivity contribution in [1.29, 1.82) is 5.26 Å². The Bertz CT molecular complexity index is 1410. The van der Waals surface area contributed by atoms with E-state index < -0.39 is 6.10 Å². The van der Waals surface area contributed by atoms with Crippen molar-refractivity contribution < 1.29 is 9.90 Å². The quantitative estimate of drug-likeness (QED) is 0.436. The monoisotopic (exact) mass is 429 g/mol. The lowest BCUT2D eigenvalue weighted by atomic mass is 10.1. The number of benzene rings is 2. The minimum atomic E-state index is -0.785. The highest BCUT2D eigenvalue weighted by atomic mass is 16.3. The first kappa shape index (κ1) is 21.2. The Hall–Kier alpha value is -4.09. The molecule has 2 aromatic heterocycles. The Labute approximate surface area is 184 Å². The molecule has 1 unspecified atom stereocenters. The maximum Gasteiger partial charge on any atom is 0.257 e. The van der Waals surface area contributed by atoms with Gasteiger partial charge in [0.2, 0.25) is 5.91 Å². The normalized spacial score (nSPS) is 11.9. The first-order chi connectivity index (χ1) is 15.4. The van der Waals surface area contributed by atoms with Crippen molar-refractivity contribution in [1.82, 2.24) is 8.97 Å². The van der Waals surface area contributed by atoms with E-state index in [1.807, 2.05) is 41.0 Å². The molecule has 0 aliphatic heterocycles. The molecule has 1 amide bonds. The third kappa shape index (κ3) is 3.94. The number of hydrogen-bond acceptors (Lipinski definition) is 5. The topological polar surface area (TPSA) is 112 Å². The lowest BCUT2D eigenvalue weighted by Gasteiger charge is -2.16. The van der Waals surface area contributed by atoms with Crippen LogP contribution in [0, 0.1) is 18.3 Å². The van der Waals surface area contributed by atoms with E-state index in [0.717, 1.165) is 11.2 Å². The first-order valence-electron chi connectivity index (χ1n) is 10.2. The number of aryl methyl sites for hydroxylation is 1. The minimum absolute atomic E-state index is 0.140. The number of anilines is 2. The van der Waals surface area contributed by atoms with Crippen molar-refractivity contribution in [2.24, 2.45) is 0 Å². The van der Waals surface area contributed by atoms with Crippen LogP contribution in [0.5, 0.6) is 0 Å². The SMILES string of the molecule is CC(=O)Nc1ccc(NCC(O)Cn2c3ccccc3n3c(=O)cc(C)c(C#N)c23)cc1. The number of rotatable bonds is 6. The van der Waals surface area contributed by atoms with E-state index in [1.54, 1.807) is 19.1 Å². The Balaban J connectivity index is 1.63. The molecule has 0 fully saturated rings. The van der Waals surface area contributed by atoms with Gasteiger partial charge in [-0.3, -0.25) is 14.0 Å². The second-order valence-corrected chi connectivity index (χ2v) is 7.70. The molecule has 0 radical (unpaired) electrons. The number of nitrogens with zero attached hydrogens (tertiary/aromatic N) is 3. The van der Waals surface area contributed by atoms with E-state index in [-0.39, 0.29) is 24.6 Å². The van der Waals surface area contributed by atoms with Crippen LogP contribution in [0.4, 0.5) is 11.4 Å². The highest BCUT2D eigenvalue weighted by Gasteiger charge is 2.19. The minimum Gasteiger partial charge on any atom is -0.389 e. The molecule has 3 N–H and O–H groups in total. The summed E-state index contributed by atoms with van der Waals surface area (Å²) < 4.78 is 3.36. The lowest BCUT2D eigenvalue weighted by molar-refractivity contribution is -0.114. The number of carbonyl (C=O) groups is 1. The number of fused-ring (bicyclic) bond motifs is 3. The van der Waals surface area contributed by atoms with Crippen molar-refractivity contribution in [2.75, 3.05) is 17.2 Å². The zero-order valence-electron chi connectivity index (χ0n) is 17.8. The van der Waals surface area contributed by atoms with Crippen LogP contribution in [0.25, 0.3) is 16.7 Å². The summed E-state index contributed by atoms with van der Waals surface area (Å²) in [5.74, 6) is -0.140. The number of aromatic nitrogens is 2. The van der Waals surface area contributed by atoms with Gasteiger partial charge in [0.15, 0.2) is 0 Å². The van der Waals surface area contributed by atoms with Gasteiger partial charge in [0.05, 0.1) is 29.2 Å². The smallest absolute Gasteiger partial charge is 0.257 e. The Kier molecular flexibility index (Phi) is 5.67. The number of nitrogens with one attached hydrogen (secondary N) is 2. The van der Waals surface area contributed by atoms with Gasteiger partial charge in [-0.15, -0.1) is 0 Å². The largest absolute Gasteiger partial charge is 0.389 e. The van der Waals surface area contributed by atoms with Gasteiger partial charge >= 0.3 is 0 Å². The maximum absolute atomic E-state index is 12.7. The van der Waals surface area contributed by atoms with E-state index in [2.05, 4.69) is 16.7 Å². The summed E-state index contributed by atoms with van der Waals surface area (Å²) in [6, 6.07) is 18.3. The number of aliphatic hydroxyl groups is 1. The molecule has 8 nitrogen and oxygen atoms in total. The van der Waals surface area contributed by atoms with Crippen LogP contribution in [0.3, 0.4) is 0 Å². The number of pyridine rings is 1. The fourth-order valence-electron chi connectivity index (χ4n) is 3.91. The van der Waals surface area contributed by atoms with Crippen molar-refractivity contribution in [2.45, 2.75) is 26.5 Å². The molecule has 2 heterocycles. The third-order valence-electron chi connectivity index (χ3n) is 5.31. The van der Waals surface area contributed by atoms with Gasteiger partial charge in [-0.25, -0.2) is 0 Å². The summed E-state index contributed by atoms with van der Waals surface area (Å²) in [6.07, 6.45) is -0.785. The molecule has 2 aromatic carbocycles. The predicted molar refractivity (Wildman–Crippen MR) is 124 cm³/mol. The number of carbonyl (C=O) groups excluding carboxylic acids is 1. The fourth-order valence-corrected chi connectivity index (χ4v) is 3.91. The molecule has 0 bridgehead atoms. The molecule has 32 heavy (non-hydrogen) atoms. The molecule has 8 heteroatoms. The number of para-hydroxylation sites is 2. The van der Waals surface area contributed by atoms with Gasteiger partial charge in [-0.1, -0.05) is 12.1 Å². The molecular weight excluding hydrogens is 406 g/mol. The molecule has 4 aromatic rings. The van der Waals surface area contributed by atoms with Crippen molar-refractivity contribution in [3.63, 3.8) is 0 Å². The van der Waals surface area contributed by atoms with Gasteiger partial charge in [0.1, 0.15) is 11.7 Å². The number of amides is 1. The second-order valence-electron chi connectivity index (χ2n) is 7.70. The van der Waals surface area contributed by atoms with E-state index in [1.165, 1.54) is 17.4 Å². The van der Waals surface area contributed by atoms with Gasteiger partial charge in [-0.05, 0) is 48.9 Å². The summed E-state index contributed by atoms with van der Waals surface area (Å²) in [5.41, 5.74) is 4.24. The number of hydrogen-bond donors (Lipinski definition) is 3. The highest BCUT2D eigenvalue weighted by molar-refractivity contribution is 5.88. The van der Waals surface area contributed by atoms with Crippen LogP contribution >= 0.6 is 0 Å². The maximum atomic E-state index is 12.7. The van der Waals surface area contributed by atoms with Crippen LogP contribution in [0.15, 0.2) is 59.4 Å². The molecule has 0 aliphatic rings. The molecule has 0 spiro atoms. The molecule has 0 saturated carbocycles. The van der Waals surface area contributed by atoms with Gasteiger partial charge in [-0.2, -0.15) is 5.26 Å². The highest BCUT2D eigenvalue weighted by Crippen LogP contribution is 2.24. The van der Waals surface area contributed by atoms with Gasteiger partial charge < -0.3 is 20.3 Å². The third-order valence-corrected chi connectivity index (χ3v) is 5.31. The average molecular weight is 429 g/mol. The summed E-state index contributed by atoms with van der Waals surface area (Å²) in [7, 11) is 0. The number of aliphatic hydroxyl groups excluding tert-OH is 1. The summed E-state index contributed by atoms with van der Waals surface area (Å²) in [4.78, 5) is 23.9. The van der Waals surface area contributed by atoms with E-state index >= 15 is 0 Å². The average Bonchev–Trinajstić information content (AvgIpc) is 3.08. The molecule has 162 valence electrons. The Morgan fingerprint density at radius 1 is 1.12 bits per heavy atom. The number of imidazole rings is 1. The standard InChI is InChI=1S/C24H23N5O3/c1-15-11-23(32)29-22-6-4-3-5-21(22)28(24(29)20(15)12-25)14-19(31)13-26-17-7-9-18(10-8-17)27-16(2)30/h3-11,19,26,31H,13-14H2,1-2H3,(H,27,30). The van der Waals surface area contributed by atoms with Crippen molar-refractivity contribution >= 4 is 34.0 Å². The fraction of sp³-hybridized carbons (Fsp3) is 0.208. The zero-order valence-corrected chi connectivity index (χ0v) is 17.8. The van der Waals surface area contributed by atoms with Crippen LogP contribution in [-0.2, 0) is 11.3 Å². The zero-order chi connectivity index (χ0) is 22.8. The van der Waals surface area contributed by atoms with Crippen molar-refractivity contribution in [3.05, 3.63) is 76.1 Å². The molecule has 0 aliphatic carbocycles. The van der Waals surface area contributed by atoms with Gasteiger partial charge in [0.25, 0.3) is 5.56 Å². The Morgan fingerprint density at radius 3 is 2.44 bits per heavy atom. The summed E-state index contributed by atoms with van der Waals surface area (Å²) in [6.45, 7) is 3.65. The lowest BCUT2D eigenvalue weighted by Crippen LogP contribution is -2.25. The summed E-state index contributed by atoms with van der Waals surface area (Å²) >= 11 is 0. The molecule has 0 saturated heterocycles. The van der Waals surface area contributed by atoms with Crippen molar-refractivity contribution in [3.8, 4) is 6.07 Å². The molecular formula is C24H23N5O3. The van der Waals surface area contributed by atoms with Gasteiger partial charge in [0, 0.05) is 30.9 Å². The van der Waals surface area contributed by atoms with Crippen LogP contribution < -0.4 is 16.2 Å². The molecule has 1 atom stereocenters. The predicted octanol–water partition coefficient (Wildman–Crippen LogP) is 2.87. The molecule has 4 rings (SSSR count). The van der Waals surface area contributed by atoms with Crippen LogP contribution in [0.2, 0.25) is 0 Å². The first-order valence-corrected chi connectivity index (χ1v) is 10.2. The summed E-state index contributed by atoms with van der Waals surface area (Å²) in [5, 5.41) is 26.4. The second kappa shape index (κ2) is 8.57. The van der Waals surface area contributed by atoms with E-state index in [0.29, 0.717) is 28.0 Å². The van der Waals surface area contributed by atoms with Crippen LogP contribution in [-0.4, -0.2) is 32.6 Å². The van der Waals surface area contributed by atoms with E-state index in [9.17, 15) is 20.0 Å². The number of nitriles is 1. The van der Waals surface area contributed by atoms with E-state index in [4.69, 9.17) is 0 Å².